The summed E-state index contributed by atoms with van der Waals surface area (Å²) in [5.74, 6) is 0.553. The average molecular weight is 247 g/mol. The largest absolute Gasteiger partial charge is 0.376 e. The van der Waals surface area contributed by atoms with Crippen molar-refractivity contribution in [1.82, 2.24) is 5.32 Å². The van der Waals surface area contributed by atoms with E-state index in [2.05, 4.69) is 5.32 Å². The van der Waals surface area contributed by atoms with E-state index in [-0.39, 0.29) is 11.5 Å². The third kappa shape index (κ3) is 1.69. The zero-order valence-corrected chi connectivity index (χ0v) is 11.1. The van der Waals surface area contributed by atoms with Crippen LogP contribution in [0, 0.1) is 5.92 Å². The van der Waals surface area contributed by atoms with E-state index in [4.69, 9.17) is 4.74 Å². The molecule has 0 radical (unpaired) electrons. The van der Waals surface area contributed by atoms with Gasteiger partial charge in [-0.1, -0.05) is 0 Å². The summed E-state index contributed by atoms with van der Waals surface area (Å²) in [6, 6.07) is 0. The normalized spacial score (nSPS) is 34.6. The minimum absolute atomic E-state index is 0.123. The molecular weight excluding hydrogens is 226 g/mol. The summed E-state index contributed by atoms with van der Waals surface area (Å²) in [5.41, 5.74) is -0.123. The van der Waals surface area contributed by atoms with E-state index in [1.165, 1.54) is 0 Å². The molecular formula is C11H21NO3S. The van der Waals surface area contributed by atoms with Crippen LogP contribution in [0.2, 0.25) is 0 Å². The molecule has 0 aromatic carbocycles. The lowest BCUT2D eigenvalue weighted by atomic mass is 9.79. The van der Waals surface area contributed by atoms with Crippen molar-refractivity contribution >= 4 is 9.84 Å². The summed E-state index contributed by atoms with van der Waals surface area (Å²) < 4.78 is 28.8. The van der Waals surface area contributed by atoms with E-state index in [0.29, 0.717) is 5.75 Å². The average Bonchev–Trinajstić information content (AvgIpc) is 2.33. The highest BCUT2D eigenvalue weighted by molar-refractivity contribution is 7.93. The van der Waals surface area contributed by atoms with Crippen LogP contribution in [0.3, 0.4) is 0 Å². The molecule has 2 aliphatic rings. The number of hydrogen-bond acceptors (Lipinski definition) is 4. The maximum atomic E-state index is 11.9. The van der Waals surface area contributed by atoms with E-state index >= 15 is 0 Å². The molecule has 2 saturated heterocycles. The Morgan fingerprint density at radius 1 is 1.38 bits per heavy atom. The summed E-state index contributed by atoms with van der Waals surface area (Å²) in [7, 11) is -1.19. The highest BCUT2D eigenvalue weighted by atomic mass is 32.2. The molecule has 1 N–H and O–H groups in total. The van der Waals surface area contributed by atoms with Gasteiger partial charge in [-0.2, -0.15) is 0 Å². The van der Waals surface area contributed by atoms with Crippen LogP contribution in [-0.2, 0) is 14.6 Å². The van der Waals surface area contributed by atoms with E-state index < -0.39 is 14.6 Å². The molecule has 0 aromatic rings. The van der Waals surface area contributed by atoms with Crippen molar-refractivity contribution in [2.75, 3.05) is 26.0 Å². The fraction of sp³-hybridized carbons (Fsp3) is 1.00. The van der Waals surface area contributed by atoms with Gasteiger partial charge in [0.15, 0.2) is 9.84 Å². The van der Waals surface area contributed by atoms with Crippen LogP contribution >= 0.6 is 0 Å². The smallest absolute Gasteiger partial charge is 0.155 e. The summed E-state index contributed by atoms with van der Waals surface area (Å²) in [5, 5.41) is 3.20. The van der Waals surface area contributed by atoms with Gasteiger partial charge in [0.2, 0.25) is 0 Å². The van der Waals surface area contributed by atoms with Crippen LogP contribution in [0.15, 0.2) is 0 Å². The number of sulfone groups is 1. The lowest BCUT2D eigenvalue weighted by Crippen LogP contribution is -2.62. The Labute approximate surface area is 97.7 Å². The van der Waals surface area contributed by atoms with Gasteiger partial charge in [0.05, 0.1) is 16.1 Å². The molecule has 1 unspecified atom stereocenters. The molecule has 0 saturated carbocycles. The van der Waals surface area contributed by atoms with Crippen LogP contribution in [-0.4, -0.2) is 44.7 Å². The summed E-state index contributed by atoms with van der Waals surface area (Å²) in [4.78, 5) is 0. The fourth-order valence-electron chi connectivity index (χ4n) is 2.73. The quantitative estimate of drug-likeness (QED) is 0.792. The first-order valence-electron chi connectivity index (χ1n) is 5.81. The first kappa shape index (κ1) is 12.3. The van der Waals surface area contributed by atoms with Crippen molar-refractivity contribution in [2.45, 2.75) is 37.0 Å². The van der Waals surface area contributed by atoms with Gasteiger partial charge < -0.3 is 10.1 Å². The van der Waals surface area contributed by atoms with Crippen LogP contribution in [0.4, 0.5) is 0 Å². The first-order chi connectivity index (χ1) is 7.33. The molecule has 94 valence electrons. The van der Waals surface area contributed by atoms with Crippen molar-refractivity contribution in [3.05, 3.63) is 0 Å². The molecule has 16 heavy (non-hydrogen) atoms. The van der Waals surface area contributed by atoms with Gasteiger partial charge in [-0.15, -0.1) is 0 Å². The van der Waals surface area contributed by atoms with Crippen molar-refractivity contribution in [3.8, 4) is 0 Å². The number of rotatable bonds is 3. The van der Waals surface area contributed by atoms with Crippen molar-refractivity contribution in [3.63, 3.8) is 0 Å². The molecule has 0 amide bonds. The molecule has 0 spiro atoms. The lowest BCUT2D eigenvalue weighted by molar-refractivity contribution is -0.0697. The Balaban J connectivity index is 2.12. The Morgan fingerprint density at radius 2 is 2.00 bits per heavy atom. The lowest BCUT2D eigenvalue weighted by Gasteiger charge is -2.44. The standard InChI is InChI=1S/C11H21NO3S/c1-10(2)9(4-5-16(10,13)14)6-11(15-3)7-12-8-11/h9,12H,4-8H2,1-3H3. The van der Waals surface area contributed by atoms with E-state index in [9.17, 15) is 8.42 Å². The Morgan fingerprint density at radius 3 is 2.31 bits per heavy atom. The highest BCUT2D eigenvalue weighted by Crippen LogP contribution is 2.42. The minimum Gasteiger partial charge on any atom is -0.376 e. The van der Waals surface area contributed by atoms with Crippen molar-refractivity contribution in [2.24, 2.45) is 5.92 Å². The van der Waals surface area contributed by atoms with Gasteiger partial charge in [0.1, 0.15) is 0 Å². The molecule has 0 bridgehead atoms. The number of ether oxygens (including phenoxy) is 1. The molecule has 0 aromatic heterocycles. The second-order valence-corrected chi connectivity index (χ2v) is 8.29. The molecule has 2 aliphatic heterocycles. The minimum atomic E-state index is -2.91. The summed E-state index contributed by atoms with van der Waals surface area (Å²) in [6.45, 7) is 5.40. The topological polar surface area (TPSA) is 55.4 Å². The second kappa shape index (κ2) is 3.68. The molecule has 4 nitrogen and oxygen atoms in total. The van der Waals surface area contributed by atoms with Gasteiger partial charge >= 0.3 is 0 Å². The maximum Gasteiger partial charge on any atom is 0.155 e. The molecule has 0 aliphatic carbocycles. The van der Waals surface area contributed by atoms with Gasteiger partial charge in [-0.25, -0.2) is 8.42 Å². The van der Waals surface area contributed by atoms with E-state index in [0.717, 1.165) is 25.9 Å². The van der Waals surface area contributed by atoms with Gasteiger partial charge in [0, 0.05) is 20.2 Å². The third-order valence-electron chi connectivity index (χ3n) is 4.47. The zero-order chi connectivity index (χ0) is 12.0. The first-order valence-corrected chi connectivity index (χ1v) is 7.46. The zero-order valence-electron chi connectivity index (χ0n) is 10.2. The number of methoxy groups -OCH3 is 1. The maximum absolute atomic E-state index is 11.9. The Kier molecular flexibility index (Phi) is 2.84. The monoisotopic (exact) mass is 247 g/mol. The van der Waals surface area contributed by atoms with Gasteiger partial charge in [-0.05, 0) is 32.6 Å². The molecule has 2 rings (SSSR count). The Bertz CT molecular complexity index is 365. The van der Waals surface area contributed by atoms with E-state index in [1.54, 1.807) is 7.11 Å². The van der Waals surface area contributed by atoms with Crippen LogP contribution in [0.25, 0.3) is 0 Å². The van der Waals surface area contributed by atoms with Crippen LogP contribution in [0.5, 0.6) is 0 Å². The molecule has 2 fully saturated rings. The summed E-state index contributed by atoms with van der Waals surface area (Å²) >= 11 is 0. The van der Waals surface area contributed by atoms with Gasteiger partial charge in [0.25, 0.3) is 0 Å². The highest BCUT2D eigenvalue weighted by Gasteiger charge is 2.51. The number of hydrogen-bond donors (Lipinski definition) is 1. The third-order valence-corrected chi connectivity index (χ3v) is 7.18. The van der Waals surface area contributed by atoms with Crippen molar-refractivity contribution in [1.29, 1.82) is 0 Å². The summed E-state index contributed by atoms with van der Waals surface area (Å²) in [6.07, 6.45) is 1.63. The van der Waals surface area contributed by atoms with Crippen LogP contribution in [0.1, 0.15) is 26.7 Å². The van der Waals surface area contributed by atoms with E-state index in [1.807, 2.05) is 13.8 Å². The van der Waals surface area contributed by atoms with Gasteiger partial charge in [-0.3, -0.25) is 0 Å². The molecule has 5 heteroatoms. The van der Waals surface area contributed by atoms with Crippen LogP contribution < -0.4 is 5.32 Å². The molecule has 1 atom stereocenters. The molecule has 2 heterocycles. The predicted molar refractivity (Wildman–Crippen MR) is 63.2 cm³/mol. The SMILES string of the molecule is COC1(CC2CCS(=O)(=O)C2(C)C)CNC1. The second-order valence-electron chi connectivity index (χ2n) is 5.60. The fourth-order valence-corrected chi connectivity index (χ4v) is 4.56. The number of nitrogens with one attached hydrogen (secondary N) is 1. The predicted octanol–water partition coefficient (Wildman–Crippen LogP) is 0.578. The Hall–Kier alpha value is -0.130. The van der Waals surface area contributed by atoms with Crippen molar-refractivity contribution < 1.29 is 13.2 Å².